The van der Waals surface area contributed by atoms with E-state index >= 15 is 0 Å². The summed E-state index contributed by atoms with van der Waals surface area (Å²) in [7, 11) is -4.20. The molecule has 5 nitrogen and oxygen atoms in total. The van der Waals surface area contributed by atoms with Gasteiger partial charge in [-0.3, -0.25) is 9.14 Å². The second-order valence-corrected chi connectivity index (χ2v) is 8.48. The highest BCUT2D eigenvalue weighted by Crippen LogP contribution is 2.51. The van der Waals surface area contributed by atoms with E-state index in [4.69, 9.17) is 0 Å². The number of halogens is 9. The Balaban J connectivity index is 2.78. The number of amides is 1. The van der Waals surface area contributed by atoms with Crippen LogP contribution in [-0.4, -0.2) is 33.5 Å². The van der Waals surface area contributed by atoms with Gasteiger partial charge < -0.3 is 0 Å². The summed E-state index contributed by atoms with van der Waals surface area (Å²) in [6.45, 7) is 0. The van der Waals surface area contributed by atoms with Crippen molar-refractivity contribution in [3.63, 3.8) is 0 Å². The van der Waals surface area contributed by atoms with Crippen LogP contribution in [0, 0.1) is 0 Å². The van der Waals surface area contributed by atoms with E-state index in [1.54, 1.807) is 0 Å². The van der Waals surface area contributed by atoms with Crippen molar-refractivity contribution < 1.29 is 44.5 Å². The van der Waals surface area contributed by atoms with E-state index in [1.807, 2.05) is 0 Å². The van der Waals surface area contributed by atoms with Crippen LogP contribution in [0.25, 0.3) is 11.1 Å². The number of aliphatic imine (C=N–C) groups is 1. The Kier molecular flexibility index (Phi) is 7.70. The van der Waals surface area contributed by atoms with E-state index in [9.17, 15) is 44.5 Å². The number of hydrogen-bond donors (Lipinski definition) is 1. The van der Waals surface area contributed by atoms with Crippen LogP contribution in [0.2, 0.25) is 0 Å². The molecular formula is C17H7Br2F7N2O3S. The van der Waals surface area contributed by atoms with Gasteiger partial charge in [0.2, 0.25) is 6.08 Å². The quantitative estimate of drug-likeness (QED) is 0.188. The van der Waals surface area contributed by atoms with Crippen LogP contribution in [0.5, 0.6) is 0 Å². The van der Waals surface area contributed by atoms with E-state index in [0.717, 1.165) is 30.3 Å². The summed E-state index contributed by atoms with van der Waals surface area (Å²) in [5, 5.41) is -6.04. The third-order valence-electron chi connectivity index (χ3n) is 3.94. The van der Waals surface area contributed by atoms with Gasteiger partial charge in [0.05, 0.1) is 20.6 Å². The minimum Gasteiger partial charge on any atom is -0.288 e. The first-order valence-corrected chi connectivity index (χ1v) is 10.6. The van der Waals surface area contributed by atoms with Gasteiger partial charge in [0.15, 0.2) is 0 Å². The van der Waals surface area contributed by atoms with Crippen LogP contribution < -0.4 is 4.34 Å². The third kappa shape index (κ3) is 4.51. The molecule has 172 valence electrons. The lowest BCUT2D eigenvalue weighted by Gasteiger charge is -2.28. The zero-order valence-electron chi connectivity index (χ0n) is 14.9. The van der Waals surface area contributed by atoms with Crippen molar-refractivity contribution in [2.24, 2.45) is 4.99 Å². The van der Waals surface area contributed by atoms with E-state index in [1.165, 1.54) is 6.07 Å². The molecule has 1 atom stereocenters. The smallest absolute Gasteiger partial charge is 0.288 e. The lowest BCUT2D eigenvalue weighted by Crippen LogP contribution is -2.54. The van der Waals surface area contributed by atoms with Crippen LogP contribution in [-0.2, 0) is 15.6 Å². The van der Waals surface area contributed by atoms with Crippen molar-refractivity contribution in [3.8, 4) is 11.1 Å². The first-order valence-electron chi connectivity index (χ1n) is 7.87. The fraction of sp³-hybridized carbons (Fsp3) is 0.176. The summed E-state index contributed by atoms with van der Waals surface area (Å²) in [6, 6.07) is 6.00. The molecule has 1 N–H and O–H groups in total. The summed E-state index contributed by atoms with van der Waals surface area (Å²) in [5.74, 6) is -7.35. The minimum atomic E-state index is -6.68. The standard InChI is InChI=1S/C17H7Br2F7N2O3S/c18-12-10(14(30)28-19)6-5-9(13(12)27-7-29)8-3-1-2-4-11(8)32(31)17(25,26)15(20,21)16(22,23)24/h1-6H,(H,28,30). The summed E-state index contributed by atoms with van der Waals surface area (Å²) in [6.07, 6.45) is -5.53. The molecule has 2 rings (SSSR count). The van der Waals surface area contributed by atoms with Gasteiger partial charge in [-0.2, -0.15) is 35.7 Å². The first kappa shape index (κ1) is 26.2. The van der Waals surface area contributed by atoms with Crippen LogP contribution >= 0.6 is 32.1 Å². The Morgan fingerprint density at radius 2 is 1.59 bits per heavy atom. The van der Waals surface area contributed by atoms with Crippen molar-refractivity contribution in [1.29, 1.82) is 0 Å². The zero-order valence-corrected chi connectivity index (χ0v) is 18.9. The Labute approximate surface area is 194 Å². The van der Waals surface area contributed by atoms with Crippen LogP contribution in [0.3, 0.4) is 0 Å². The van der Waals surface area contributed by atoms with Gasteiger partial charge in [0.1, 0.15) is 10.8 Å². The van der Waals surface area contributed by atoms with E-state index in [-0.39, 0.29) is 15.6 Å². The summed E-state index contributed by atoms with van der Waals surface area (Å²) < 4.78 is 107. The number of alkyl halides is 7. The lowest BCUT2D eigenvalue weighted by atomic mass is 10.0. The fourth-order valence-corrected chi connectivity index (χ4v) is 4.47. The molecule has 2 aromatic rings. The van der Waals surface area contributed by atoms with Gasteiger partial charge in [0.25, 0.3) is 5.91 Å². The molecule has 2 aromatic carbocycles. The molecule has 0 aliphatic rings. The average molecular weight is 612 g/mol. The first-order chi connectivity index (χ1) is 14.7. The Morgan fingerprint density at radius 1 is 1.00 bits per heavy atom. The van der Waals surface area contributed by atoms with Gasteiger partial charge in [0, 0.05) is 27.3 Å². The van der Waals surface area contributed by atoms with Gasteiger partial charge >= 0.3 is 17.4 Å². The molecular weight excluding hydrogens is 605 g/mol. The van der Waals surface area contributed by atoms with Gasteiger partial charge in [-0.25, -0.2) is 9.00 Å². The molecule has 15 heteroatoms. The largest absolute Gasteiger partial charge is 0.461 e. The van der Waals surface area contributed by atoms with Crippen LogP contribution in [0.4, 0.5) is 36.4 Å². The molecule has 0 aliphatic heterocycles. The SMILES string of the molecule is O=C=Nc1c(-c2ccccc2S(=O)C(F)(F)C(F)(F)C(F)(F)F)ccc(C(=O)NBr)c1Br. The highest BCUT2D eigenvalue weighted by Gasteiger charge is 2.76. The molecule has 0 spiro atoms. The number of carbonyl (C=O) groups excluding carboxylic acids is 2. The molecule has 0 saturated carbocycles. The predicted octanol–water partition coefficient (Wildman–Crippen LogP) is 6.02. The number of carbonyl (C=O) groups is 1. The normalized spacial score (nSPS) is 13.3. The Bertz CT molecular complexity index is 1140. The van der Waals surface area contributed by atoms with Crippen molar-refractivity contribution in [3.05, 3.63) is 46.4 Å². The highest BCUT2D eigenvalue weighted by molar-refractivity contribution is 9.10. The van der Waals surface area contributed by atoms with Crippen molar-refractivity contribution >= 4 is 60.6 Å². The Hall–Kier alpha value is -2.09. The lowest BCUT2D eigenvalue weighted by molar-refractivity contribution is -0.331. The number of nitrogens with zero attached hydrogens (tertiary/aromatic N) is 1. The summed E-state index contributed by atoms with van der Waals surface area (Å²) in [4.78, 5) is 25.0. The minimum absolute atomic E-state index is 0.118. The number of nitrogens with one attached hydrogen (secondary N) is 1. The van der Waals surface area contributed by atoms with E-state index < -0.39 is 50.2 Å². The van der Waals surface area contributed by atoms with E-state index in [2.05, 4.69) is 41.4 Å². The fourth-order valence-electron chi connectivity index (χ4n) is 2.43. The second-order valence-electron chi connectivity index (χ2n) is 5.80. The van der Waals surface area contributed by atoms with Gasteiger partial charge in [-0.15, -0.1) is 0 Å². The molecule has 0 bridgehead atoms. The van der Waals surface area contributed by atoms with Gasteiger partial charge in [-0.05, 0) is 28.1 Å². The van der Waals surface area contributed by atoms with Crippen LogP contribution in [0.15, 0.2) is 50.8 Å². The molecule has 0 saturated heterocycles. The molecule has 0 aliphatic carbocycles. The second kappa shape index (κ2) is 9.41. The maximum Gasteiger partial charge on any atom is 0.461 e. The van der Waals surface area contributed by atoms with E-state index in [0.29, 0.717) is 6.07 Å². The average Bonchev–Trinajstić information content (AvgIpc) is 2.73. The molecule has 1 unspecified atom stereocenters. The maximum atomic E-state index is 14.1. The summed E-state index contributed by atoms with van der Waals surface area (Å²) >= 11 is 5.67. The molecule has 0 radical (unpaired) electrons. The monoisotopic (exact) mass is 610 g/mol. The van der Waals surface area contributed by atoms with Gasteiger partial charge in [-0.1, -0.05) is 24.3 Å². The maximum absolute atomic E-state index is 14.1. The zero-order chi connectivity index (χ0) is 24.5. The highest BCUT2D eigenvalue weighted by atomic mass is 79.9. The molecule has 1 amide bonds. The number of benzene rings is 2. The number of rotatable bonds is 6. The molecule has 0 aromatic heterocycles. The van der Waals surface area contributed by atoms with Crippen LogP contribution in [0.1, 0.15) is 10.4 Å². The molecule has 0 heterocycles. The number of isocyanates is 1. The number of hydrogen-bond acceptors (Lipinski definition) is 4. The topological polar surface area (TPSA) is 75.6 Å². The van der Waals surface area contributed by atoms with Crippen molar-refractivity contribution in [1.82, 2.24) is 4.34 Å². The third-order valence-corrected chi connectivity index (χ3v) is 6.58. The Morgan fingerprint density at radius 3 is 2.12 bits per heavy atom. The molecule has 32 heavy (non-hydrogen) atoms. The van der Waals surface area contributed by atoms with Crippen molar-refractivity contribution in [2.75, 3.05) is 0 Å². The molecule has 0 fully saturated rings. The predicted molar refractivity (Wildman–Crippen MR) is 106 cm³/mol. The summed E-state index contributed by atoms with van der Waals surface area (Å²) in [5.41, 5.74) is -1.29. The van der Waals surface area contributed by atoms with Crippen molar-refractivity contribution in [2.45, 2.75) is 22.2 Å².